The lowest BCUT2D eigenvalue weighted by atomic mass is 9.77. The number of carbonyl (C=O) groups excluding carboxylic acids is 1. The molecule has 2 aromatic rings. The first-order valence-corrected chi connectivity index (χ1v) is 6.84. The number of carbonyl (C=O) groups is 1. The van der Waals surface area contributed by atoms with Gasteiger partial charge in [-0.15, -0.1) is 0 Å². The highest BCUT2D eigenvalue weighted by molar-refractivity contribution is 5.91. The lowest BCUT2D eigenvalue weighted by Gasteiger charge is -2.25. The van der Waals surface area contributed by atoms with E-state index >= 15 is 0 Å². The first-order valence-electron chi connectivity index (χ1n) is 6.84. The van der Waals surface area contributed by atoms with Crippen LogP contribution in [0, 0.1) is 13.8 Å². The van der Waals surface area contributed by atoms with Crippen LogP contribution in [0.25, 0.3) is 0 Å². The first-order chi connectivity index (χ1) is 9.15. The van der Waals surface area contributed by atoms with Crippen LogP contribution in [0.3, 0.4) is 0 Å². The Morgan fingerprint density at radius 3 is 2.37 bits per heavy atom. The molecule has 0 saturated heterocycles. The number of ketones is 1. The summed E-state index contributed by atoms with van der Waals surface area (Å²) in [5, 5.41) is 0. The van der Waals surface area contributed by atoms with Gasteiger partial charge in [-0.25, -0.2) is 0 Å². The molecule has 0 saturated carbocycles. The van der Waals surface area contributed by atoms with Crippen LogP contribution >= 0.6 is 0 Å². The minimum Gasteiger partial charge on any atom is -0.299 e. The van der Waals surface area contributed by atoms with Crippen molar-refractivity contribution < 1.29 is 4.79 Å². The highest BCUT2D eigenvalue weighted by Gasteiger charge is 2.28. The minimum absolute atomic E-state index is 0.0662. The molecule has 1 aliphatic rings. The van der Waals surface area contributed by atoms with Crippen LogP contribution in [-0.4, -0.2) is 5.78 Å². The second-order valence-electron chi connectivity index (χ2n) is 5.52. The maximum absolute atomic E-state index is 12.4. The van der Waals surface area contributed by atoms with Crippen molar-refractivity contribution in [3.63, 3.8) is 0 Å². The van der Waals surface area contributed by atoms with Crippen LogP contribution in [-0.2, 0) is 11.2 Å². The lowest BCUT2D eigenvalue weighted by Crippen LogP contribution is -2.21. The van der Waals surface area contributed by atoms with Crippen LogP contribution in [0.2, 0.25) is 0 Å². The predicted octanol–water partition coefficient (Wildman–Crippen LogP) is 3.95. The van der Waals surface area contributed by atoms with Gasteiger partial charge in [-0.05, 0) is 37.0 Å². The lowest BCUT2D eigenvalue weighted by molar-refractivity contribution is -0.120. The first kappa shape index (κ1) is 12.2. The molecule has 0 bridgehead atoms. The van der Waals surface area contributed by atoms with Crippen molar-refractivity contribution in [2.45, 2.75) is 32.6 Å². The van der Waals surface area contributed by atoms with E-state index in [9.17, 15) is 4.79 Å². The summed E-state index contributed by atoms with van der Waals surface area (Å²) in [5.41, 5.74) is 6.13. The van der Waals surface area contributed by atoms with Crippen molar-refractivity contribution in [2.75, 3.05) is 0 Å². The van der Waals surface area contributed by atoms with Crippen LogP contribution < -0.4 is 0 Å². The second-order valence-corrected chi connectivity index (χ2v) is 5.52. The van der Waals surface area contributed by atoms with Crippen molar-refractivity contribution in [2.24, 2.45) is 0 Å². The number of hydrogen-bond donors (Lipinski definition) is 0. The van der Waals surface area contributed by atoms with Gasteiger partial charge < -0.3 is 0 Å². The number of rotatable bonds is 1. The summed E-state index contributed by atoms with van der Waals surface area (Å²) in [7, 11) is 0. The van der Waals surface area contributed by atoms with Crippen molar-refractivity contribution in [1.29, 1.82) is 0 Å². The van der Waals surface area contributed by atoms with Gasteiger partial charge in [0.25, 0.3) is 0 Å². The normalized spacial score (nSPS) is 18.2. The van der Waals surface area contributed by atoms with E-state index in [1.54, 1.807) is 0 Å². The summed E-state index contributed by atoms with van der Waals surface area (Å²) in [6, 6.07) is 14.8. The largest absolute Gasteiger partial charge is 0.299 e. The van der Waals surface area contributed by atoms with Gasteiger partial charge in [0.1, 0.15) is 5.78 Å². The highest BCUT2D eigenvalue weighted by atomic mass is 16.1. The zero-order chi connectivity index (χ0) is 13.4. The Morgan fingerprint density at radius 2 is 1.63 bits per heavy atom. The van der Waals surface area contributed by atoms with E-state index in [0.717, 1.165) is 12.0 Å². The summed E-state index contributed by atoms with van der Waals surface area (Å²) < 4.78 is 0. The molecule has 96 valence electrons. The summed E-state index contributed by atoms with van der Waals surface area (Å²) in [6.07, 6.45) is 1.55. The zero-order valence-electron chi connectivity index (χ0n) is 11.4. The van der Waals surface area contributed by atoms with Crippen LogP contribution in [0.1, 0.15) is 40.2 Å². The number of hydrogen-bond acceptors (Lipinski definition) is 1. The fourth-order valence-corrected chi connectivity index (χ4v) is 3.16. The Morgan fingerprint density at radius 1 is 0.947 bits per heavy atom. The van der Waals surface area contributed by atoms with Gasteiger partial charge in [0.2, 0.25) is 0 Å². The van der Waals surface area contributed by atoms with E-state index in [0.29, 0.717) is 12.2 Å². The van der Waals surface area contributed by atoms with E-state index in [2.05, 4.69) is 50.2 Å². The molecule has 1 nitrogen and oxygen atoms in total. The molecule has 1 heteroatoms. The van der Waals surface area contributed by atoms with Gasteiger partial charge in [0.05, 0.1) is 5.92 Å². The van der Waals surface area contributed by atoms with Gasteiger partial charge in [0.15, 0.2) is 0 Å². The van der Waals surface area contributed by atoms with Gasteiger partial charge in [-0.3, -0.25) is 4.79 Å². The molecule has 1 unspecified atom stereocenters. The highest BCUT2D eigenvalue weighted by Crippen LogP contribution is 2.34. The predicted molar refractivity (Wildman–Crippen MR) is 77.5 cm³/mol. The third kappa shape index (κ3) is 2.21. The Bertz CT molecular complexity index is 620. The van der Waals surface area contributed by atoms with E-state index in [-0.39, 0.29) is 5.92 Å². The Hall–Kier alpha value is -1.89. The molecule has 0 radical (unpaired) electrons. The average Bonchev–Trinajstić information content (AvgIpc) is 2.37. The third-order valence-electron chi connectivity index (χ3n) is 3.91. The molecule has 0 amide bonds. The van der Waals surface area contributed by atoms with Crippen LogP contribution in [0.4, 0.5) is 0 Å². The molecule has 0 aromatic heterocycles. The molecule has 3 rings (SSSR count). The standard InChI is InChI=1S/C18H18O/c1-12-9-13(2)11-15(10-12)18-16-6-4-3-5-14(16)7-8-17(18)19/h3-6,9-11,18H,7-8H2,1-2H3. The van der Waals surface area contributed by atoms with E-state index in [4.69, 9.17) is 0 Å². The second kappa shape index (κ2) is 4.65. The average molecular weight is 250 g/mol. The molecule has 0 fully saturated rings. The van der Waals surface area contributed by atoms with Gasteiger partial charge in [0, 0.05) is 6.42 Å². The fourth-order valence-electron chi connectivity index (χ4n) is 3.16. The summed E-state index contributed by atoms with van der Waals surface area (Å²) in [5.74, 6) is 0.284. The maximum atomic E-state index is 12.4. The molecule has 19 heavy (non-hydrogen) atoms. The van der Waals surface area contributed by atoms with Gasteiger partial charge in [-0.2, -0.15) is 0 Å². The molecule has 0 N–H and O–H groups in total. The van der Waals surface area contributed by atoms with E-state index in [1.165, 1.54) is 22.3 Å². The minimum atomic E-state index is -0.0662. The molecule has 2 aromatic carbocycles. The number of aryl methyl sites for hydroxylation is 3. The van der Waals surface area contributed by atoms with Crippen LogP contribution in [0.5, 0.6) is 0 Å². The van der Waals surface area contributed by atoms with E-state index < -0.39 is 0 Å². The topological polar surface area (TPSA) is 17.1 Å². The van der Waals surface area contributed by atoms with E-state index in [1.807, 2.05) is 6.07 Å². The number of benzene rings is 2. The monoisotopic (exact) mass is 250 g/mol. The smallest absolute Gasteiger partial charge is 0.145 e. The van der Waals surface area contributed by atoms with Crippen molar-refractivity contribution in [3.05, 3.63) is 70.3 Å². The third-order valence-corrected chi connectivity index (χ3v) is 3.91. The molecule has 0 aliphatic heterocycles. The summed E-state index contributed by atoms with van der Waals surface area (Å²) in [6.45, 7) is 4.19. The fraction of sp³-hybridized carbons (Fsp3) is 0.278. The summed E-state index contributed by atoms with van der Waals surface area (Å²) in [4.78, 5) is 12.4. The Labute approximate surface area is 114 Å². The van der Waals surface area contributed by atoms with Gasteiger partial charge >= 0.3 is 0 Å². The molecular formula is C18H18O. The summed E-state index contributed by atoms with van der Waals surface area (Å²) >= 11 is 0. The molecule has 0 heterocycles. The zero-order valence-corrected chi connectivity index (χ0v) is 11.4. The molecule has 1 atom stereocenters. The van der Waals surface area contributed by atoms with Gasteiger partial charge in [-0.1, -0.05) is 53.6 Å². The van der Waals surface area contributed by atoms with Crippen molar-refractivity contribution in [1.82, 2.24) is 0 Å². The number of Topliss-reactive ketones (excluding diaryl/α,β-unsaturated/α-hetero) is 1. The number of fused-ring (bicyclic) bond motifs is 1. The SMILES string of the molecule is Cc1cc(C)cc(C2C(=O)CCc3ccccc32)c1. The van der Waals surface area contributed by atoms with Crippen molar-refractivity contribution >= 4 is 5.78 Å². The molecule has 1 aliphatic carbocycles. The Balaban J connectivity index is 2.15. The van der Waals surface area contributed by atoms with Crippen LogP contribution in [0.15, 0.2) is 42.5 Å². The quantitative estimate of drug-likeness (QED) is 0.749. The molecular weight excluding hydrogens is 232 g/mol. The molecule has 0 spiro atoms. The Kier molecular flexibility index (Phi) is 2.98. The maximum Gasteiger partial charge on any atom is 0.145 e. The van der Waals surface area contributed by atoms with Crippen molar-refractivity contribution in [3.8, 4) is 0 Å².